The van der Waals surface area contributed by atoms with E-state index in [1.165, 1.54) is 6.42 Å². The average molecular weight is 386 g/mol. The molecule has 6 nitrogen and oxygen atoms in total. The summed E-state index contributed by atoms with van der Waals surface area (Å²) >= 11 is 0. The van der Waals surface area contributed by atoms with Crippen LogP contribution < -0.4 is 4.74 Å². The van der Waals surface area contributed by atoms with Crippen molar-refractivity contribution in [3.8, 4) is 5.75 Å². The predicted molar refractivity (Wildman–Crippen MR) is 105 cm³/mol. The summed E-state index contributed by atoms with van der Waals surface area (Å²) in [6.07, 6.45) is 7.19. The van der Waals surface area contributed by atoms with Gasteiger partial charge < -0.3 is 14.7 Å². The van der Waals surface area contributed by atoms with Gasteiger partial charge in [-0.25, -0.2) is 0 Å². The Morgan fingerprint density at radius 1 is 1.14 bits per heavy atom. The number of carboxylic acid groups (broad SMARTS) is 1. The number of amides is 1. The quantitative estimate of drug-likeness (QED) is 0.780. The van der Waals surface area contributed by atoms with Crippen LogP contribution in [0, 0.1) is 5.92 Å². The molecule has 0 bridgehead atoms. The van der Waals surface area contributed by atoms with E-state index >= 15 is 0 Å². The number of ether oxygens (including phenoxy) is 1. The number of methoxy groups -OCH3 is 1. The molecule has 1 saturated heterocycles. The molecule has 1 heterocycles. The molecule has 2 aliphatic carbocycles. The van der Waals surface area contributed by atoms with Crippen molar-refractivity contribution in [1.82, 2.24) is 9.80 Å². The largest absolute Gasteiger partial charge is 0.497 e. The molecule has 28 heavy (non-hydrogen) atoms. The molecule has 152 valence electrons. The van der Waals surface area contributed by atoms with Crippen LogP contribution in [0.5, 0.6) is 5.75 Å². The van der Waals surface area contributed by atoms with Crippen molar-refractivity contribution in [2.75, 3.05) is 13.7 Å². The van der Waals surface area contributed by atoms with Gasteiger partial charge in [-0.3, -0.25) is 14.5 Å². The average Bonchev–Trinajstić information content (AvgIpc) is 3.48. The molecule has 6 heteroatoms. The van der Waals surface area contributed by atoms with Gasteiger partial charge in [-0.1, -0.05) is 25.0 Å². The number of likely N-dealkylation sites (tertiary alicyclic amines) is 1. The van der Waals surface area contributed by atoms with Crippen molar-refractivity contribution in [1.29, 1.82) is 0 Å². The summed E-state index contributed by atoms with van der Waals surface area (Å²) in [4.78, 5) is 29.0. The number of hydrogen-bond donors (Lipinski definition) is 1. The second-order valence-corrected chi connectivity index (χ2v) is 8.47. The molecular formula is C22H30N2O4. The van der Waals surface area contributed by atoms with Gasteiger partial charge in [0.15, 0.2) is 0 Å². The molecular weight excluding hydrogens is 356 g/mol. The van der Waals surface area contributed by atoms with Crippen LogP contribution in [0.3, 0.4) is 0 Å². The molecule has 1 amide bonds. The zero-order valence-corrected chi connectivity index (χ0v) is 16.5. The van der Waals surface area contributed by atoms with Crippen LogP contribution in [0.15, 0.2) is 24.3 Å². The lowest BCUT2D eigenvalue weighted by atomic mass is 9.85. The van der Waals surface area contributed by atoms with Crippen LogP contribution in [0.4, 0.5) is 0 Å². The maximum Gasteiger partial charge on any atom is 0.320 e. The minimum atomic E-state index is -0.782. The molecule has 1 aliphatic heterocycles. The Morgan fingerprint density at radius 2 is 1.86 bits per heavy atom. The second-order valence-electron chi connectivity index (χ2n) is 8.47. The Morgan fingerprint density at radius 3 is 2.50 bits per heavy atom. The Bertz CT molecular complexity index is 716. The Balaban J connectivity index is 1.46. The SMILES string of the molecule is COc1ccc(CN(C(=O)CN2C(C(=O)O)CC3CCCCC32)C2CC2)cc1. The minimum Gasteiger partial charge on any atom is -0.497 e. The van der Waals surface area contributed by atoms with E-state index in [9.17, 15) is 14.7 Å². The molecule has 0 radical (unpaired) electrons. The highest BCUT2D eigenvalue weighted by Gasteiger charge is 2.46. The topological polar surface area (TPSA) is 70.1 Å². The highest BCUT2D eigenvalue weighted by atomic mass is 16.5. The first-order valence-corrected chi connectivity index (χ1v) is 10.5. The van der Waals surface area contributed by atoms with Crippen molar-refractivity contribution in [3.63, 3.8) is 0 Å². The van der Waals surface area contributed by atoms with Crippen molar-refractivity contribution in [3.05, 3.63) is 29.8 Å². The number of carbonyl (C=O) groups is 2. The first kappa shape index (κ1) is 19.2. The molecule has 0 aromatic heterocycles. The van der Waals surface area contributed by atoms with Crippen molar-refractivity contribution < 1.29 is 19.4 Å². The Hall–Kier alpha value is -2.08. The first-order valence-electron chi connectivity index (χ1n) is 10.5. The van der Waals surface area contributed by atoms with Gasteiger partial charge in [-0.05, 0) is 55.7 Å². The van der Waals surface area contributed by atoms with Gasteiger partial charge >= 0.3 is 5.97 Å². The van der Waals surface area contributed by atoms with E-state index in [0.29, 0.717) is 24.9 Å². The number of benzene rings is 1. The van der Waals surface area contributed by atoms with Gasteiger partial charge in [0.25, 0.3) is 0 Å². The fourth-order valence-corrected chi connectivity index (χ4v) is 5.00. The van der Waals surface area contributed by atoms with Gasteiger partial charge in [0, 0.05) is 18.6 Å². The van der Waals surface area contributed by atoms with Crippen molar-refractivity contribution >= 4 is 11.9 Å². The van der Waals surface area contributed by atoms with Crippen LogP contribution in [0.1, 0.15) is 50.5 Å². The monoisotopic (exact) mass is 386 g/mol. The summed E-state index contributed by atoms with van der Waals surface area (Å²) in [7, 11) is 1.64. The fraction of sp³-hybridized carbons (Fsp3) is 0.636. The molecule has 0 spiro atoms. The van der Waals surface area contributed by atoms with Crippen molar-refractivity contribution in [2.45, 2.75) is 69.6 Å². The lowest BCUT2D eigenvalue weighted by molar-refractivity contribution is -0.144. The normalized spacial score (nSPS) is 27.2. The molecule has 1 aromatic carbocycles. The van der Waals surface area contributed by atoms with E-state index in [-0.39, 0.29) is 18.5 Å². The molecule has 1 aromatic rings. The number of nitrogens with zero attached hydrogens (tertiary/aromatic N) is 2. The summed E-state index contributed by atoms with van der Waals surface area (Å²) in [5.41, 5.74) is 1.08. The van der Waals surface area contributed by atoms with Gasteiger partial charge in [-0.15, -0.1) is 0 Å². The van der Waals surface area contributed by atoms with Gasteiger partial charge in [0.2, 0.25) is 5.91 Å². The third-order valence-corrected chi connectivity index (χ3v) is 6.64. The summed E-state index contributed by atoms with van der Waals surface area (Å²) in [5, 5.41) is 9.71. The number of carbonyl (C=O) groups excluding carboxylic acids is 1. The van der Waals surface area contributed by atoms with E-state index in [0.717, 1.165) is 43.4 Å². The summed E-state index contributed by atoms with van der Waals surface area (Å²) < 4.78 is 5.21. The Labute approximate surface area is 166 Å². The van der Waals surface area contributed by atoms with Crippen LogP contribution in [-0.2, 0) is 16.1 Å². The first-order chi connectivity index (χ1) is 13.6. The standard InChI is InChI=1S/C22H30N2O4/c1-28-18-10-6-15(7-11-18)13-23(17-8-9-17)21(25)14-24-19-5-3-2-4-16(19)12-20(24)22(26)27/h6-7,10-11,16-17,19-20H,2-5,8-9,12-14H2,1H3,(H,26,27). The minimum absolute atomic E-state index is 0.0655. The van der Waals surface area contributed by atoms with Gasteiger partial charge in [0.05, 0.1) is 13.7 Å². The number of carboxylic acids is 1. The lowest BCUT2D eigenvalue weighted by Crippen LogP contribution is -2.48. The van der Waals surface area contributed by atoms with E-state index in [1.807, 2.05) is 34.1 Å². The number of rotatable bonds is 7. The second kappa shape index (κ2) is 8.11. The smallest absolute Gasteiger partial charge is 0.320 e. The van der Waals surface area contributed by atoms with E-state index in [2.05, 4.69) is 0 Å². The summed E-state index contributed by atoms with van der Waals surface area (Å²) in [6, 6.07) is 7.85. The third-order valence-electron chi connectivity index (χ3n) is 6.64. The summed E-state index contributed by atoms with van der Waals surface area (Å²) in [5.74, 6) is 0.516. The summed E-state index contributed by atoms with van der Waals surface area (Å²) in [6.45, 7) is 0.804. The number of fused-ring (bicyclic) bond motifs is 1. The lowest BCUT2D eigenvalue weighted by Gasteiger charge is -2.34. The molecule has 3 aliphatic rings. The highest BCUT2D eigenvalue weighted by molar-refractivity contribution is 5.81. The number of hydrogen-bond acceptors (Lipinski definition) is 4. The molecule has 3 unspecified atom stereocenters. The Kier molecular flexibility index (Phi) is 5.58. The van der Waals surface area contributed by atoms with Crippen LogP contribution >= 0.6 is 0 Å². The van der Waals surface area contributed by atoms with E-state index in [4.69, 9.17) is 4.74 Å². The molecule has 1 N–H and O–H groups in total. The van der Waals surface area contributed by atoms with Crippen molar-refractivity contribution in [2.24, 2.45) is 5.92 Å². The zero-order valence-electron chi connectivity index (χ0n) is 16.5. The highest BCUT2D eigenvalue weighted by Crippen LogP contribution is 2.40. The van der Waals surface area contributed by atoms with Gasteiger partial charge in [-0.2, -0.15) is 0 Å². The third kappa shape index (κ3) is 4.02. The maximum absolute atomic E-state index is 13.2. The van der Waals surface area contributed by atoms with Crippen LogP contribution in [0.2, 0.25) is 0 Å². The number of aliphatic carboxylic acids is 1. The molecule has 2 saturated carbocycles. The van der Waals surface area contributed by atoms with Gasteiger partial charge in [0.1, 0.15) is 11.8 Å². The molecule has 4 rings (SSSR count). The predicted octanol–water partition coefficient (Wildman–Crippen LogP) is 2.90. The van der Waals surface area contributed by atoms with Crippen LogP contribution in [0.25, 0.3) is 0 Å². The fourth-order valence-electron chi connectivity index (χ4n) is 5.00. The molecule has 3 fully saturated rings. The molecule has 3 atom stereocenters. The zero-order chi connectivity index (χ0) is 19.7. The van der Waals surface area contributed by atoms with E-state index in [1.54, 1.807) is 7.11 Å². The van der Waals surface area contributed by atoms with E-state index < -0.39 is 12.0 Å². The maximum atomic E-state index is 13.2. The van der Waals surface area contributed by atoms with Crippen LogP contribution in [-0.4, -0.2) is 58.6 Å².